The van der Waals surface area contributed by atoms with Gasteiger partial charge in [-0.2, -0.15) is 5.26 Å². The van der Waals surface area contributed by atoms with Gasteiger partial charge in [0.05, 0.1) is 28.0 Å². The molecule has 5 nitrogen and oxygen atoms in total. The van der Waals surface area contributed by atoms with E-state index in [1.807, 2.05) is 58.0 Å². The van der Waals surface area contributed by atoms with Crippen LogP contribution in [0.5, 0.6) is 0 Å². The van der Waals surface area contributed by atoms with E-state index in [0.29, 0.717) is 17.8 Å². The van der Waals surface area contributed by atoms with Crippen LogP contribution >= 0.6 is 11.6 Å². The Bertz CT molecular complexity index is 953. The lowest BCUT2D eigenvalue weighted by Gasteiger charge is -2.32. The van der Waals surface area contributed by atoms with E-state index >= 15 is 0 Å². The summed E-state index contributed by atoms with van der Waals surface area (Å²) >= 11 is 6.23. The summed E-state index contributed by atoms with van der Waals surface area (Å²) in [5.41, 5.74) is 2.83. The number of anilines is 1. The van der Waals surface area contributed by atoms with Crippen molar-refractivity contribution in [3.63, 3.8) is 0 Å². The Morgan fingerprint density at radius 1 is 1.17 bits per heavy atom. The van der Waals surface area contributed by atoms with Gasteiger partial charge in [-0.05, 0) is 63.3 Å². The van der Waals surface area contributed by atoms with E-state index in [4.69, 9.17) is 26.3 Å². The molecule has 0 unspecified atom stereocenters. The minimum Gasteiger partial charge on any atom is -0.399 e. The number of rotatable bonds is 6. The molecule has 0 spiro atoms. The predicted molar refractivity (Wildman–Crippen MR) is 118 cm³/mol. The first-order valence-electron chi connectivity index (χ1n) is 9.64. The highest BCUT2D eigenvalue weighted by Crippen LogP contribution is 2.36. The summed E-state index contributed by atoms with van der Waals surface area (Å²) in [4.78, 5) is 0. The fourth-order valence-corrected chi connectivity index (χ4v) is 3.47. The molecule has 1 heterocycles. The van der Waals surface area contributed by atoms with E-state index in [1.165, 1.54) is 6.21 Å². The number of nitrogens with one attached hydrogen (secondary N) is 1. The van der Waals surface area contributed by atoms with Gasteiger partial charge in [-0.3, -0.25) is 5.41 Å². The van der Waals surface area contributed by atoms with Crippen LogP contribution in [0.1, 0.15) is 44.4 Å². The van der Waals surface area contributed by atoms with Gasteiger partial charge in [-0.25, -0.2) is 0 Å². The summed E-state index contributed by atoms with van der Waals surface area (Å²) in [7, 11) is -0.553. The molecule has 0 bridgehead atoms. The van der Waals surface area contributed by atoms with Gasteiger partial charge in [0.25, 0.3) is 0 Å². The first kappa shape index (κ1) is 21.4. The van der Waals surface area contributed by atoms with Crippen LogP contribution in [0.15, 0.2) is 36.4 Å². The molecule has 29 heavy (non-hydrogen) atoms. The molecule has 0 atom stereocenters. The van der Waals surface area contributed by atoms with Crippen molar-refractivity contribution >= 4 is 36.1 Å². The molecule has 1 fully saturated rings. The Kier molecular flexibility index (Phi) is 6.04. The molecule has 0 aliphatic carbocycles. The molecule has 1 aliphatic rings. The summed E-state index contributed by atoms with van der Waals surface area (Å²) in [5.74, 6) is 0. The molecule has 7 heteroatoms. The summed E-state index contributed by atoms with van der Waals surface area (Å²) in [6.07, 6.45) is 2.22. The van der Waals surface area contributed by atoms with E-state index in [-0.39, 0.29) is 0 Å². The van der Waals surface area contributed by atoms with Gasteiger partial charge >= 0.3 is 7.12 Å². The normalized spacial score (nSPS) is 17.0. The van der Waals surface area contributed by atoms with Crippen LogP contribution in [0, 0.1) is 11.3 Å². The molecule has 1 saturated heterocycles. The minimum atomic E-state index is -0.553. The van der Waals surface area contributed by atoms with E-state index in [2.05, 4.69) is 11.4 Å². The highest BCUT2D eigenvalue weighted by Gasteiger charge is 2.51. The van der Waals surface area contributed by atoms with E-state index in [0.717, 1.165) is 28.0 Å². The molecule has 0 saturated carbocycles. The zero-order valence-electron chi connectivity index (χ0n) is 17.3. The highest BCUT2D eigenvalue weighted by atomic mass is 35.5. The Balaban J connectivity index is 1.83. The van der Waals surface area contributed by atoms with Gasteiger partial charge in [-0.15, -0.1) is 0 Å². The van der Waals surface area contributed by atoms with Gasteiger partial charge in [0.2, 0.25) is 0 Å². The third-order valence-corrected chi connectivity index (χ3v) is 6.04. The Hall–Kier alpha value is -2.33. The molecule has 3 rings (SSSR count). The number of halogens is 1. The van der Waals surface area contributed by atoms with E-state index < -0.39 is 18.3 Å². The summed E-state index contributed by atoms with van der Waals surface area (Å²) in [6, 6.07) is 13.7. The SMILES string of the molecule is CC1(C)OB(c2cc(C#N)c(NCCc3ccccc3Cl)c(C=[NH2+])c2)OC1(C)C. The summed E-state index contributed by atoms with van der Waals surface area (Å²) in [5, 5.41) is 19.7. The lowest BCUT2D eigenvalue weighted by atomic mass is 9.77. The number of benzene rings is 2. The van der Waals surface area contributed by atoms with Crippen molar-refractivity contribution in [2.45, 2.75) is 45.3 Å². The molecular formula is C22H26BClN3O2+. The van der Waals surface area contributed by atoms with Crippen LogP contribution in [0.3, 0.4) is 0 Å². The van der Waals surface area contributed by atoms with Crippen molar-refractivity contribution in [1.82, 2.24) is 0 Å². The van der Waals surface area contributed by atoms with Crippen LogP contribution in [-0.2, 0) is 15.7 Å². The zero-order valence-corrected chi connectivity index (χ0v) is 18.0. The van der Waals surface area contributed by atoms with Gasteiger partial charge in [0, 0.05) is 11.6 Å². The number of hydrogen-bond donors (Lipinski definition) is 2. The second-order valence-electron chi connectivity index (χ2n) is 8.17. The van der Waals surface area contributed by atoms with Gasteiger partial charge in [-0.1, -0.05) is 29.8 Å². The molecule has 0 amide bonds. The Morgan fingerprint density at radius 3 is 2.41 bits per heavy atom. The van der Waals surface area contributed by atoms with Crippen molar-refractivity contribution in [1.29, 1.82) is 5.26 Å². The Morgan fingerprint density at radius 2 is 1.83 bits per heavy atom. The molecule has 1 aliphatic heterocycles. The van der Waals surface area contributed by atoms with Crippen molar-refractivity contribution in [3.05, 3.63) is 58.1 Å². The number of nitrogens with two attached hydrogens (primary N) is 1. The smallest absolute Gasteiger partial charge is 0.399 e. The van der Waals surface area contributed by atoms with Crippen LogP contribution in [0.4, 0.5) is 5.69 Å². The molecule has 0 radical (unpaired) electrons. The predicted octanol–water partition coefficient (Wildman–Crippen LogP) is 2.34. The second kappa shape index (κ2) is 8.20. The first-order valence-corrected chi connectivity index (χ1v) is 10.0. The maximum absolute atomic E-state index is 9.72. The van der Waals surface area contributed by atoms with Crippen molar-refractivity contribution in [2.75, 3.05) is 11.9 Å². The van der Waals surface area contributed by atoms with E-state index in [1.54, 1.807) is 6.07 Å². The third-order valence-electron chi connectivity index (χ3n) is 5.67. The van der Waals surface area contributed by atoms with Gasteiger partial charge < -0.3 is 14.6 Å². The van der Waals surface area contributed by atoms with Gasteiger partial charge in [0.15, 0.2) is 6.21 Å². The average molecular weight is 411 g/mol. The second-order valence-corrected chi connectivity index (χ2v) is 8.57. The highest BCUT2D eigenvalue weighted by molar-refractivity contribution is 6.62. The van der Waals surface area contributed by atoms with Crippen LogP contribution < -0.4 is 16.2 Å². The number of nitrogens with zero attached hydrogens (tertiary/aromatic N) is 1. The van der Waals surface area contributed by atoms with Crippen LogP contribution in [0.25, 0.3) is 0 Å². The Labute approximate surface area is 177 Å². The van der Waals surface area contributed by atoms with Crippen molar-refractivity contribution in [2.24, 2.45) is 0 Å². The van der Waals surface area contributed by atoms with Crippen molar-refractivity contribution < 1.29 is 14.7 Å². The molecule has 2 aromatic rings. The summed E-state index contributed by atoms with van der Waals surface area (Å²) in [6.45, 7) is 8.62. The molecular weight excluding hydrogens is 385 g/mol. The average Bonchev–Trinajstić information content (AvgIpc) is 2.90. The maximum atomic E-state index is 9.72. The minimum absolute atomic E-state index is 0.455. The maximum Gasteiger partial charge on any atom is 0.494 e. The lowest BCUT2D eigenvalue weighted by Crippen LogP contribution is -2.41. The van der Waals surface area contributed by atoms with Crippen molar-refractivity contribution in [3.8, 4) is 6.07 Å². The first-order chi connectivity index (χ1) is 13.7. The number of nitriles is 1. The van der Waals surface area contributed by atoms with E-state index in [9.17, 15) is 5.26 Å². The molecule has 3 N–H and O–H groups in total. The van der Waals surface area contributed by atoms with Crippen LogP contribution in [0.2, 0.25) is 5.02 Å². The molecule has 150 valence electrons. The fourth-order valence-electron chi connectivity index (χ4n) is 3.24. The van der Waals surface area contributed by atoms with Gasteiger partial charge in [0.1, 0.15) is 6.07 Å². The third kappa shape index (κ3) is 4.33. The zero-order chi connectivity index (χ0) is 21.2. The largest absolute Gasteiger partial charge is 0.494 e. The molecule has 2 aromatic carbocycles. The lowest BCUT2D eigenvalue weighted by molar-refractivity contribution is -0.104. The standard InChI is InChI=1S/C22H25BClN3O2/c1-21(2)22(3,4)29-23(28-21)18-11-16(13-25)20(17(12-18)14-26)27-10-9-15-7-5-6-8-19(15)24/h5-8,11-13,25,27H,9-10H2,1-4H3/p+1. The quantitative estimate of drug-likeness (QED) is 0.566. The monoisotopic (exact) mass is 410 g/mol. The van der Waals surface area contributed by atoms with Crippen LogP contribution in [-0.4, -0.2) is 31.1 Å². The fraction of sp³-hybridized carbons (Fsp3) is 0.364. The topological polar surface area (TPSA) is 79.9 Å². The summed E-state index contributed by atoms with van der Waals surface area (Å²) < 4.78 is 12.2. The molecule has 0 aromatic heterocycles. The number of hydrogen-bond acceptors (Lipinski definition) is 4.